The third-order valence-corrected chi connectivity index (χ3v) is 3.38. The summed E-state index contributed by atoms with van der Waals surface area (Å²) in [6.45, 7) is 5.74. The minimum atomic E-state index is -1.19. The molecule has 0 amide bonds. The van der Waals surface area contributed by atoms with Gasteiger partial charge in [0.2, 0.25) is 0 Å². The highest BCUT2D eigenvalue weighted by molar-refractivity contribution is 6.06. The van der Waals surface area contributed by atoms with Gasteiger partial charge in [-0.25, -0.2) is 4.79 Å². The van der Waals surface area contributed by atoms with E-state index >= 15 is 0 Å². The molecular weight excluding hydrogens is 348 g/mol. The number of benzene rings is 1. The van der Waals surface area contributed by atoms with Crippen LogP contribution in [0.2, 0.25) is 0 Å². The fourth-order valence-corrected chi connectivity index (χ4v) is 2.08. The van der Waals surface area contributed by atoms with Crippen LogP contribution in [0.5, 0.6) is 11.5 Å². The van der Waals surface area contributed by atoms with Crippen LogP contribution in [0.15, 0.2) is 24.3 Å². The van der Waals surface area contributed by atoms with Crippen molar-refractivity contribution >= 4 is 23.5 Å². The Labute approximate surface area is 159 Å². The van der Waals surface area contributed by atoms with E-state index in [0.29, 0.717) is 30.3 Å². The Morgan fingerprint density at radius 3 is 2.59 bits per heavy atom. The molecule has 0 saturated carbocycles. The maximum absolute atomic E-state index is 11.8. The van der Waals surface area contributed by atoms with Crippen LogP contribution in [0.4, 0.5) is 0 Å². The first-order chi connectivity index (χ1) is 12.9. The van der Waals surface area contributed by atoms with E-state index in [2.05, 4.69) is 0 Å². The van der Waals surface area contributed by atoms with Gasteiger partial charge in [0.25, 0.3) is 0 Å². The number of ketones is 1. The summed E-state index contributed by atoms with van der Waals surface area (Å²) in [5.41, 5.74) is 0.624. The fraction of sp³-hybridized carbons (Fsp3) is 0.400. The van der Waals surface area contributed by atoms with Crippen LogP contribution in [-0.4, -0.2) is 37.3 Å². The molecule has 0 aromatic heterocycles. The number of esters is 1. The van der Waals surface area contributed by atoms with Gasteiger partial charge in [-0.3, -0.25) is 4.79 Å². The number of nitriles is 1. The van der Waals surface area contributed by atoms with Crippen molar-refractivity contribution in [2.75, 3.05) is 19.8 Å². The van der Waals surface area contributed by atoms with E-state index in [1.807, 2.05) is 13.8 Å². The van der Waals surface area contributed by atoms with Gasteiger partial charge in [-0.2, -0.15) is 5.26 Å². The number of carbonyl (C=O) groups excluding carboxylic acids is 2. The van der Waals surface area contributed by atoms with Gasteiger partial charge in [-0.15, -0.1) is 0 Å². The molecule has 0 spiro atoms. The van der Waals surface area contributed by atoms with Gasteiger partial charge in [-0.1, -0.05) is 13.0 Å². The van der Waals surface area contributed by atoms with Crippen molar-refractivity contribution in [3.63, 3.8) is 0 Å². The molecule has 0 aliphatic heterocycles. The van der Waals surface area contributed by atoms with Crippen molar-refractivity contribution in [3.05, 3.63) is 29.8 Å². The predicted octanol–water partition coefficient (Wildman–Crippen LogP) is 3.18. The molecule has 0 unspecified atom stereocenters. The zero-order valence-electron chi connectivity index (χ0n) is 15.8. The van der Waals surface area contributed by atoms with Crippen LogP contribution in [-0.2, 0) is 14.3 Å². The van der Waals surface area contributed by atoms with Crippen LogP contribution in [0.3, 0.4) is 0 Å². The first kappa shape index (κ1) is 21.9. The average Bonchev–Trinajstić information content (AvgIpc) is 2.64. The number of hydrogen-bond donors (Lipinski definition) is 1. The Morgan fingerprint density at radius 2 is 2.00 bits per heavy atom. The molecule has 0 bridgehead atoms. The lowest BCUT2D eigenvalue weighted by molar-refractivity contribution is -0.143. The van der Waals surface area contributed by atoms with Crippen molar-refractivity contribution in [1.82, 2.24) is 0 Å². The van der Waals surface area contributed by atoms with Crippen molar-refractivity contribution in [2.45, 2.75) is 27.2 Å². The number of nitrogens with one attached hydrogen (secondary N) is 1. The molecule has 0 radical (unpaired) electrons. The van der Waals surface area contributed by atoms with E-state index in [9.17, 15) is 9.59 Å². The molecule has 0 heterocycles. The largest absolute Gasteiger partial charge is 0.490 e. The molecule has 144 valence electrons. The summed E-state index contributed by atoms with van der Waals surface area (Å²) in [7, 11) is 0. The highest BCUT2D eigenvalue weighted by Crippen LogP contribution is 2.29. The lowest BCUT2D eigenvalue weighted by Gasteiger charge is -2.12. The highest BCUT2D eigenvalue weighted by Gasteiger charge is 2.20. The summed E-state index contributed by atoms with van der Waals surface area (Å²) in [6.07, 6.45) is 3.59. The molecule has 0 fully saturated rings. The topological polar surface area (TPSA) is 109 Å². The number of carbonyl (C=O) groups is 2. The minimum absolute atomic E-state index is 0.0806. The second-order valence-corrected chi connectivity index (χ2v) is 5.64. The predicted molar refractivity (Wildman–Crippen MR) is 101 cm³/mol. The van der Waals surface area contributed by atoms with Crippen LogP contribution in [0, 0.1) is 22.7 Å². The monoisotopic (exact) mass is 372 g/mol. The molecular formula is C20H24N2O5. The van der Waals surface area contributed by atoms with E-state index in [0.717, 1.165) is 6.42 Å². The number of Topliss-reactive ketones (excluding diaryl/α,β-unsaturated/α-hetero) is 1. The second kappa shape index (κ2) is 11.5. The number of hydrogen-bond acceptors (Lipinski definition) is 7. The van der Waals surface area contributed by atoms with E-state index in [-0.39, 0.29) is 5.71 Å². The Balaban J connectivity index is 2.71. The quantitative estimate of drug-likeness (QED) is 0.363. The van der Waals surface area contributed by atoms with Gasteiger partial charge in [0, 0.05) is 11.8 Å². The van der Waals surface area contributed by atoms with Gasteiger partial charge in [0.05, 0.1) is 19.3 Å². The van der Waals surface area contributed by atoms with Gasteiger partial charge < -0.3 is 19.6 Å². The summed E-state index contributed by atoms with van der Waals surface area (Å²) in [5, 5.41) is 16.2. The van der Waals surface area contributed by atoms with E-state index < -0.39 is 24.3 Å². The normalized spacial score (nSPS) is 11.5. The van der Waals surface area contributed by atoms with E-state index in [1.165, 1.54) is 19.1 Å². The Morgan fingerprint density at radius 1 is 1.26 bits per heavy atom. The lowest BCUT2D eigenvalue weighted by Crippen LogP contribution is -2.25. The van der Waals surface area contributed by atoms with Crippen molar-refractivity contribution in [2.24, 2.45) is 5.92 Å². The third-order valence-electron chi connectivity index (χ3n) is 3.38. The van der Waals surface area contributed by atoms with Gasteiger partial charge in [-0.05, 0) is 44.0 Å². The van der Waals surface area contributed by atoms with Crippen LogP contribution < -0.4 is 9.47 Å². The maximum Gasteiger partial charge on any atom is 0.331 e. The molecule has 1 rings (SSSR count). The summed E-state index contributed by atoms with van der Waals surface area (Å²) >= 11 is 0. The van der Waals surface area contributed by atoms with E-state index in [4.69, 9.17) is 24.9 Å². The zero-order chi connectivity index (χ0) is 20.2. The van der Waals surface area contributed by atoms with E-state index in [1.54, 1.807) is 24.3 Å². The summed E-state index contributed by atoms with van der Waals surface area (Å²) in [6, 6.07) is 6.99. The maximum atomic E-state index is 11.8. The molecule has 0 aliphatic rings. The van der Waals surface area contributed by atoms with Gasteiger partial charge >= 0.3 is 5.97 Å². The molecule has 1 aromatic rings. The highest BCUT2D eigenvalue weighted by atomic mass is 16.5. The van der Waals surface area contributed by atoms with Crippen molar-refractivity contribution < 1.29 is 23.8 Å². The molecule has 0 saturated heterocycles. The number of nitrogens with zero attached hydrogens (tertiary/aromatic N) is 1. The Bertz CT molecular complexity index is 749. The van der Waals surface area contributed by atoms with Crippen LogP contribution in [0.25, 0.3) is 6.08 Å². The molecule has 1 N–H and O–H groups in total. The number of rotatable bonds is 11. The first-order valence-electron chi connectivity index (χ1n) is 8.64. The Hall–Kier alpha value is -3.14. The minimum Gasteiger partial charge on any atom is -0.490 e. The SMILES string of the molecule is CCCOc1ccc(/C=C/C(=O)OCC(=O)[C@H](C#N)C(C)=N)cc1OCC. The summed E-state index contributed by atoms with van der Waals surface area (Å²) < 4.78 is 16.0. The molecule has 7 nitrogen and oxygen atoms in total. The van der Waals surface area contributed by atoms with Crippen molar-refractivity contribution in [1.29, 1.82) is 10.7 Å². The lowest BCUT2D eigenvalue weighted by atomic mass is 10.0. The molecule has 7 heteroatoms. The summed E-state index contributed by atoms with van der Waals surface area (Å²) in [5.74, 6) is -1.32. The molecule has 1 aromatic carbocycles. The molecule has 1 atom stereocenters. The smallest absolute Gasteiger partial charge is 0.331 e. The van der Waals surface area contributed by atoms with Gasteiger partial charge in [0.15, 0.2) is 23.9 Å². The third kappa shape index (κ3) is 7.32. The van der Waals surface area contributed by atoms with Crippen molar-refractivity contribution in [3.8, 4) is 17.6 Å². The first-order valence-corrected chi connectivity index (χ1v) is 8.64. The molecule has 27 heavy (non-hydrogen) atoms. The molecule has 0 aliphatic carbocycles. The number of ether oxygens (including phenoxy) is 3. The zero-order valence-corrected chi connectivity index (χ0v) is 15.8. The average molecular weight is 372 g/mol. The van der Waals surface area contributed by atoms with Crippen LogP contribution in [0.1, 0.15) is 32.8 Å². The second-order valence-electron chi connectivity index (χ2n) is 5.64. The van der Waals surface area contributed by atoms with Crippen LogP contribution >= 0.6 is 0 Å². The van der Waals surface area contributed by atoms with Gasteiger partial charge in [0.1, 0.15) is 5.92 Å². The summed E-state index contributed by atoms with van der Waals surface area (Å²) in [4.78, 5) is 23.5. The fourth-order valence-electron chi connectivity index (χ4n) is 2.08. The Kier molecular flexibility index (Phi) is 9.30. The standard InChI is InChI=1S/C20H24N2O5/c1-4-10-26-18-8-6-15(11-19(18)25-5-2)7-9-20(24)27-13-17(23)16(12-21)14(3)22/h6-9,11,16,22H,4-5,10,13H2,1-3H3/b9-7+,22-14?/t16-/m1/s1.